The summed E-state index contributed by atoms with van der Waals surface area (Å²) in [6, 6.07) is 1.20. The predicted molar refractivity (Wildman–Crippen MR) is 70.3 cm³/mol. The fraction of sp³-hybridized carbons (Fsp3) is 0.500. The fourth-order valence-electron chi connectivity index (χ4n) is 1.76. The molecule has 8 nitrogen and oxygen atoms in total. The van der Waals surface area contributed by atoms with Crippen molar-refractivity contribution in [3.63, 3.8) is 0 Å². The second kappa shape index (κ2) is 6.69. The maximum Gasteiger partial charge on any atom is 0.325 e. The van der Waals surface area contributed by atoms with Crippen molar-refractivity contribution in [3.05, 3.63) is 28.1 Å². The van der Waals surface area contributed by atoms with Gasteiger partial charge in [0.1, 0.15) is 12.2 Å². The summed E-state index contributed by atoms with van der Waals surface area (Å²) in [4.78, 5) is 35.1. The molecule has 0 aliphatic heterocycles. The highest BCUT2D eigenvalue weighted by atomic mass is 16.6. The molecule has 0 saturated carbocycles. The Balaban J connectivity index is 2.99. The minimum Gasteiger partial charge on any atom is -0.468 e. The van der Waals surface area contributed by atoms with Crippen LogP contribution in [0.3, 0.4) is 0 Å². The van der Waals surface area contributed by atoms with E-state index in [-0.39, 0.29) is 17.9 Å². The summed E-state index contributed by atoms with van der Waals surface area (Å²) in [7, 11) is 2.78. The summed E-state index contributed by atoms with van der Waals surface area (Å²) in [5.41, 5.74) is -0.000537. The summed E-state index contributed by atoms with van der Waals surface area (Å²) >= 11 is 0. The number of hydrogen-bond acceptors (Lipinski definition) is 5. The molecular formula is C12H17N3O5. The van der Waals surface area contributed by atoms with Gasteiger partial charge in [-0.2, -0.15) is 0 Å². The normalized spacial score (nSPS) is 10.2. The molecule has 8 heteroatoms. The molecule has 1 heterocycles. The molecule has 0 fully saturated rings. The van der Waals surface area contributed by atoms with Gasteiger partial charge < -0.3 is 14.2 Å². The van der Waals surface area contributed by atoms with Gasteiger partial charge in [0.05, 0.1) is 18.2 Å². The zero-order valence-corrected chi connectivity index (χ0v) is 11.7. The Morgan fingerprint density at radius 3 is 2.60 bits per heavy atom. The van der Waals surface area contributed by atoms with E-state index in [0.717, 1.165) is 0 Å². The number of amides is 1. The number of aryl methyl sites for hydroxylation is 1. The van der Waals surface area contributed by atoms with Crippen LogP contribution in [0.1, 0.15) is 23.8 Å². The summed E-state index contributed by atoms with van der Waals surface area (Å²) in [5.74, 6) is -0.969. The minimum absolute atomic E-state index is 0.161. The van der Waals surface area contributed by atoms with Gasteiger partial charge in [-0.3, -0.25) is 19.7 Å². The van der Waals surface area contributed by atoms with Crippen molar-refractivity contribution >= 4 is 17.6 Å². The Labute approximate surface area is 116 Å². The van der Waals surface area contributed by atoms with Gasteiger partial charge in [-0.05, 0) is 6.42 Å². The van der Waals surface area contributed by atoms with Crippen molar-refractivity contribution in [3.8, 4) is 0 Å². The zero-order valence-electron chi connectivity index (χ0n) is 11.7. The second-order valence-corrected chi connectivity index (χ2v) is 4.25. The Bertz CT molecular complexity index is 523. The first kappa shape index (κ1) is 15.7. The molecule has 0 N–H and O–H groups in total. The third-order valence-corrected chi connectivity index (χ3v) is 2.75. The van der Waals surface area contributed by atoms with Gasteiger partial charge in [0.25, 0.3) is 11.6 Å². The van der Waals surface area contributed by atoms with Crippen molar-refractivity contribution in [2.45, 2.75) is 13.3 Å². The molecule has 0 spiro atoms. The standard InChI is InChI=1S/C12H17N3O5/c1-4-5-14(8-11(16)20-3)12(17)10-6-9(15(18)19)7-13(10)2/h6-7H,4-5,8H2,1-3H3. The summed E-state index contributed by atoms with van der Waals surface area (Å²) in [6.45, 7) is 2.06. The predicted octanol–water partition coefficient (Wildman–Crippen LogP) is 0.958. The quantitative estimate of drug-likeness (QED) is 0.440. The molecule has 0 aromatic carbocycles. The zero-order chi connectivity index (χ0) is 15.3. The van der Waals surface area contributed by atoms with Crippen molar-refractivity contribution in [2.24, 2.45) is 7.05 Å². The lowest BCUT2D eigenvalue weighted by Crippen LogP contribution is -2.37. The number of nitro groups is 1. The third kappa shape index (κ3) is 3.56. The van der Waals surface area contributed by atoms with Crippen LogP contribution < -0.4 is 0 Å². The molecule has 110 valence electrons. The van der Waals surface area contributed by atoms with Crippen LogP contribution in [0.4, 0.5) is 5.69 Å². The van der Waals surface area contributed by atoms with Gasteiger partial charge in [-0.25, -0.2) is 0 Å². The first-order chi connectivity index (χ1) is 9.40. The lowest BCUT2D eigenvalue weighted by Gasteiger charge is -2.20. The van der Waals surface area contributed by atoms with Crippen LogP contribution in [0, 0.1) is 10.1 Å². The maximum atomic E-state index is 12.3. The van der Waals surface area contributed by atoms with E-state index in [4.69, 9.17) is 0 Å². The fourth-order valence-corrected chi connectivity index (χ4v) is 1.76. The molecule has 1 aromatic rings. The second-order valence-electron chi connectivity index (χ2n) is 4.25. The van der Waals surface area contributed by atoms with Crippen molar-refractivity contribution in [1.29, 1.82) is 0 Å². The van der Waals surface area contributed by atoms with Crippen LogP contribution in [0.2, 0.25) is 0 Å². The van der Waals surface area contributed by atoms with Gasteiger partial charge >= 0.3 is 5.97 Å². The number of nitrogens with zero attached hydrogens (tertiary/aromatic N) is 3. The van der Waals surface area contributed by atoms with E-state index in [0.29, 0.717) is 13.0 Å². The van der Waals surface area contributed by atoms with E-state index in [2.05, 4.69) is 4.74 Å². The Morgan fingerprint density at radius 2 is 2.15 bits per heavy atom. The molecule has 0 bridgehead atoms. The number of carbonyl (C=O) groups excluding carboxylic acids is 2. The van der Waals surface area contributed by atoms with E-state index < -0.39 is 16.8 Å². The van der Waals surface area contributed by atoms with E-state index in [1.165, 1.54) is 28.8 Å². The van der Waals surface area contributed by atoms with Gasteiger partial charge in [-0.1, -0.05) is 6.92 Å². The highest BCUT2D eigenvalue weighted by Crippen LogP contribution is 2.17. The van der Waals surface area contributed by atoms with Gasteiger partial charge in [0, 0.05) is 19.7 Å². The van der Waals surface area contributed by atoms with Crippen LogP contribution in [-0.4, -0.2) is 46.5 Å². The van der Waals surface area contributed by atoms with Gasteiger partial charge in [0.15, 0.2) is 0 Å². The lowest BCUT2D eigenvalue weighted by atomic mass is 10.3. The van der Waals surface area contributed by atoms with Crippen LogP contribution in [0.5, 0.6) is 0 Å². The average Bonchev–Trinajstić information content (AvgIpc) is 2.79. The van der Waals surface area contributed by atoms with E-state index >= 15 is 0 Å². The Hall–Kier alpha value is -2.38. The van der Waals surface area contributed by atoms with Crippen LogP contribution in [-0.2, 0) is 16.6 Å². The largest absolute Gasteiger partial charge is 0.468 e. The Morgan fingerprint density at radius 1 is 1.50 bits per heavy atom. The number of methoxy groups -OCH3 is 1. The number of esters is 1. The molecule has 1 aromatic heterocycles. The smallest absolute Gasteiger partial charge is 0.325 e. The van der Waals surface area contributed by atoms with Crippen molar-refractivity contribution in [1.82, 2.24) is 9.47 Å². The SMILES string of the molecule is CCCN(CC(=O)OC)C(=O)c1cc([N+](=O)[O-])cn1C. The van der Waals surface area contributed by atoms with E-state index in [9.17, 15) is 19.7 Å². The molecule has 1 amide bonds. The van der Waals surface area contributed by atoms with Gasteiger partial charge in [0.2, 0.25) is 0 Å². The first-order valence-corrected chi connectivity index (χ1v) is 6.07. The number of hydrogen-bond donors (Lipinski definition) is 0. The van der Waals surface area contributed by atoms with E-state index in [1.807, 2.05) is 6.92 Å². The maximum absolute atomic E-state index is 12.3. The first-order valence-electron chi connectivity index (χ1n) is 6.07. The van der Waals surface area contributed by atoms with E-state index in [1.54, 1.807) is 7.05 Å². The van der Waals surface area contributed by atoms with Crippen molar-refractivity contribution in [2.75, 3.05) is 20.2 Å². The highest BCUT2D eigenvalue weighted by molar-refractivity contribution is 5.95. The van der Waals surface area contributed by atoms with Crippen molar-refractivity contribution < 1.29 is 19.2 Å². The summed E-state index contributed by atoms with van der Waals surface area (Å²) < 4.78 is 5.91. The lowest BCUT2D eigenvalue weighted by molar-refractivity contribution is -0.384. The number of carbonyl (C=O) groups is 2. The topological polar surface area (TPSA) is 94.7 Å². The average molecular weight is 283 g/mol. The monoisotopic (exact) mass is 283 g/mol. The summed E-state index contributed by atoms with van der Waals surface area (Å²) in [6.07, 6.45) is 1.92. The highest BCUT2D eigenvalue weighted by Gasteiger charge is 2.23. The molecule has 0 saturated heterocycles. The van der Waals surface area contributed by atoms with Crippen LogP contribution in [0.15, 0.2) is 12.3 Å². The summed E-state index contributed by atoms with van der Waals surface area (Å²) in [5, 5.41) is 10.7. The van der Waals surface area contributed by atoms with Gasteiger partial charge in [-0.15, -0.1) is 0 Å². The van der Waals surface area contributed by atoms with Crippen LogP contribution in [0.25, 0.3) is 0 Å². The molecule has 20 heavy (non-hydrogen) atoms. The minimum atomic E-state index is -0.568. The molecule has 0 unspecified atom stereocenters. The molecule has 0 radical (unpaired) electrons. The molecule has 0 aliphatic rings. The van der Waals surface area contributed by atoms with Crippen LogP contribution >= 0.6 is 0 Å². The number of rotatable bonds is 6. The molecule has 0 aliphatic carbocycles. The molecule has 1 rings (SSSR count). The Kier molecular flexibility index (Phi) is 5.24. The number of aromatic nitrogens is 1. The molecule has 0 atom stereocenters. The number of ether oxygens (including phenoxy) is 1. The molecular weight excluding hydrogens is 266 g/mol. The third-order valence-electron chi connectivity index (χ3n) is 2.75.